The maximum Gasteiger partial charge on any atom is 0.407 e. The number of carbonyl (C=O) groups excluding carboxylic acids is 2. The van der Waals surface area contributed by atoms with Crippen molar-refractivity contribution in [2.75, 3.05) is 19.7 Å². The number of fused-ring (bicyclic) bond motifs is 3. The number of piperidine rings is 1. The van der Waals surface area contributed by atoms with Crippen LogP contribution < -0.4 is 5.32 Å². The molecule has 1 aliphatic heterocycles. The van der Waals surface area contributed by atoms with Gasteiger partial charge in [-0.15, -0.1) is 0 Å². The number of carboxylic acids is 1. The number of likely N-dealkylation sites (tertiary alicyclic amines) is 1. The Morgan fingerprint density at radius 2 is 1.71 bits per heavy atom. The molecule has 2 unspecified atom stereocenters. The van der Waals surface area contributed by atoms with E-state index in [4.69, 9.17) is 4.74 Å². The number of β-amino-alcohol motifs (C(OH)–C–C–N with tert-alkyl or cyclic N) is 1. The average molecular weight is 481 g/mol. The summed E-state index contributed by atoms with van der Waals surface area (Å²) in [6.45, 7) is 3.91. The third kappa shape index (κ3) is 4.89. The Morgan fingerprint density at radius 1 is 1.11 bits per heavy atom. The van der Waals surface area contributed by atoms with Crippen LogP contribution in [0.2, 0.25) is 0 Å². The predicted molar refractivity (Wildman–Crippen MR) is 130 cm³/mol. The minimum absolute atomic E-state index is 0.0833. The molecule has 186 valence electrons. The number of aliphatic hydroxyl groups is 1. The van der Waals surface area contributed by atoms with Crippen molar-refractivity contribution < 1.29 is 29.3 Å². The van der Waals surface area contributed by atoms with Crippen LogP contribution in [-0.4, -0.2) is 64.4 Å². The average Bonchev–Trinajstić information content (AvgIpc) is 3.19. The van der Waals surface area contributed by atoms with Gasteiger partial charge in [0.25, 0.3) is 0 Å². The molecular formula is C27H32N2O6. The molecule has 8 nitrogen and oxygen atoms in total. The molecule has 4 rings (SSSR count). The van der Waals surface area contributed by atoms with E-state index in [0.29, 0.717) is 19.4 Å². The largest absolute Gasteiger partial charge is 0.479 e. The summed E-state index contributed by atoms with van der Waals surface area (Å²) in [5.74, 6) is -2.06. The monoisotopic (exact) mass is 480 g/mol. The van der Waals surface area contributed by atoms with E-state index in [2.05, 4.69) is 17.4 Å². The molecule has 0 radical (unpaired) electrons. The van der Waals surface area contributed by atoms with E-state index >= 15 is 0 Å². The first kappa shape index (κ1) is 24.7. The summed E-state index contributed by atoms with van der Waals surface area (Å²) < 4.78 is 5.62. The van der Waals surface area contributed by atoms with Crippen LogP contribution in [0.15, 0.2) is 48.5 Å². The maximum atomic E-state index is 13.3. The van der Waals surface area contributed by atoms with Crippen molar-refractivity contribution in [3.05, 3.63) is 59.7 Å². The smallest absolute Gasteiger partial charge is 0.407 e. The molecule has 3 atom stereocenters. The molecule has 8 heteroatoms. The standard InChI is InChI=1S/C27H32N2O6/c1-3-17(2)23(24(30)29-14-8-13-27(34,16-29)25(31)32)28-26(33)35-15-22-20-11-6-4-9-18(20)19-10-5-7-12-21(19)22/h4-7,9-12,17,22-23,34H,3,8,13-16H2,1-2H3,(H,28,33)(H,31,32)/t17?,23-,27?/m0/s1. The number of nitrogens with zero attached hydrogens (tertiary/aromatic N) is 1. The van der Waals surface area contributed by atoms with Gasteiger partial charge >= 0.3 is 12.1 Å². The Labute approximate surface area is 204 Å². The summed E-state index contributed by atoms with van der Waals surface area (Å²) in [6.07, 6.45) is 0.375. The Balaban J connectivity index is 1.44. The molecule has 2 amide bonds. The van der Waals surface area contributed by atoms with E-state index in [-0.39, 0.29) is 31.4 Å². The van der Waals surface area contributed by atoms with Crippen molar-refractivity contribution in [2.45, 2.75) is 50.7 Å². The van der Waals surface area contributed by atoms with Crippen molar-refractivity contribution in [3.8, 4) is 11.1 Å². The molecule has 1 fully saturated rings. The first-order valence-electron chi connectivity index (χ1n) is 12.1. The van der Waals surface area contributed by atoms with Gasteiger partial charge in [-0.1, -0.05) is 68.8 Å². The van der Waals surface area contributed by atoms with Crippen LogP contribution >= 0.6 is 0 Å². The Morgan fingerprint density at radius 3 is 2.29 bits per heavy atom. The molecule has 0 spiro atoms. The van der Waals surface area contributed by atoms with E-state index in [1.54, 1.807) is 0 Å². The zero-order chi connectivity index (χ0) is 25.2. The number of nitrogens with one attached hydrogen (secondary N) is 1. The number of carbonyl (C=O) groups is 3. The predicted octanol–water partition coefficient (Wildman–Crippen LogP) is 3.38. The van der Waals surface area contributed by atoms with Gasteiger partial charge in [0, 0.05) is 12.5 Å². The van der Waals surface area contributed by atoms with Crippen molar-refractivity contribution in [3.63, 3.8) is 0 Å². The molecule has 35 heavy (non-hydrogen) atoms. The molecule has 0 saturated carbocycles. The lowest BCUT2D eigenvalue weighted by molar-refractivity contribution is -0.167. The van der Waals surface area contributed by atoms with Crippen LogP contribution in [-0.2, 0) is 14.3 Å². The van der Waals surface area contributed by atoms with Crippen LogP contribution in [0.4, 0.5) is 4.79 Å². The fourth-order valence-electron chi connectivity index (χ4n) is 5.05. The van der Waals surface area contributed by atoms with Crippen LogP contribution in [0.5, 0.6) is 0 Å². The van der Waals surface area contributed by atoms with Gasteiger partial charge in [0.15, 0.2) is 5.60 Å². The molecule has 0 bridgehead atoms. The Hall–Kier alpha value is -3.39. The SMILES string of the molecule is CCC(C)[C@H](NC(=O)OCC1c2ccccc2-c2ccccc21)C(=O)N1CCCC(O)(C(=O)O)C1. The van der Waals surface area contributed by atoms with Crippen LogP contribution in [0, 0.1) is 5.92 Å². The Kier molecular flexibility index (Phi) is 7.12. The first-order valence-corrected chi connectivity index (χ1v) is 12.1. The summed E-state index contributed by atoms with van der Waals surface area (Å²) in [5.41, 5.74) is 2.47. The minimum Gasteiger partial charge on any atom is -0.479 e. The van der Waals surface area contributed by atoms with Crippen molar-refractivity contribution in [2.24, 2.45) is 5.92 Å². The van der Waals surface area contributed by atoms with Gasteiger partial charge in [0.05, 0.1) is 6.54 Å². The van der Waals surface area contributed by atoms with E-state index in [0.717, 1.165) is 22.3 Å². The van der Waals surface area contributed by atoms with E-state index in [1.807, 2.05) is 50.2 Å². The molecule has 1 heterocycles. The number of benzene rings is 2. The highest BCUT2D eigenvalue weighted by atomic mass is 16.5. The van der Waals surface area contributed by atoms with Crippen molar-refractivity contribution in [1.82, 2.24) is 10.2 Å². The molecule has 2 aliphatic rings. The van der Waals surface area contributed by atoms with Gasteiger partial charge < -0.3 is 25.2 Å². The second kappa shape index (κ2) is 10.1. The van der Waals surface area contributed by atoms with Gasteiger partial charge in [-0.05, 0) is 41.0 Å². The van der Waals surface area contributed by atoms with E-state index in [1.165, 1.54) is 4.90 Å². The quantitative estimate of drug-likeness (QED) is 0.560. The normalized spacial score (nSPS) is 20.9. The maximum absolute atomic E-state index is 13.3. The zero-order valence-electron chi connectivity index (χ0n) is 20.1. The summed E-state index contributed by atoms with van der Waals surface area (Å²) in [5, 5.41) is 22.5. The number of amides is 2. The molecular weight excluding hydrogens is 448 g/mol. The molecule has 1 saturated heterocycles. The highest BCUT2D eigenvalue weighted by Gasteiger charge is 2.43. The zero-order valence-corrected chi connectivity index (χ0v) is 20.1. The van der Waals surface area contributed by atoms with Gasteiger partial charge in [-0.3, -0.25) is 4.79 Å². The second-order valence-corrected chi connectivity index (χ2v) is 9.53. The molecule has 0 aromatic heterocycles. The third-order valence-electron chi connectivity index (χ3n) is 7.28. The third-order valence-corrected chi connectivity index (χ3v) is 7.28. The lowest BCUT2D eigenvalue weighted by Gasteiger charge is -2.38. The van der Waals surface area contributed by atoms with Gasteiger partial charge in [-0.25, -0.2) is 9.59 Å². The number of hydrogen-bond donors (Lipinski definition) is 3. The highest BCUT2D eigenvalue weighted by molar-refractivity contribution is 5.87. The van der Waals surface area contributed by atoms with E-state index < -0.39 is 29.6 Å². The minimum atomic E-state index is -1.97. The highest BCUT2D eigenvalue weighted by Crippen LogP contribution is 2.44. The number of rotatable bonds is 7. The molecule has 2 aromatic rings. The number of ether oxygens (including phenoxy) is 1. The summed E-state index contributed by atoms with van der Waals surface area (Å²) in [6, 6.07) is 15.2. The van der Waals surface area contributed by atoms with Gasteiger partial charge in [0.1, 0.15) is 12.6 Å². The van der Waals surface area contributed by atoms with Gasteiger partial charge in [-0.2, -0.15) is 0 Å². The lowest BCUT2D eigenvalue weighted by atomic mass is 9.91. The summed E-state index contributed by atoms with van der Waals surface area (Å²) in [7, 11) is 0. The fourth-order valence-corrected chi connectivity index (χ4v) is 5.05. The van der Waals surface area contributed by atoms with Crippen LogP contribution in [0.3, 0.4) is 0 Å². The molecule has 3 N–H and O–H groups in total. The van der Waals surface area contributed by atoms with Gasteiger partial charge in [0.2, 0.25) is 5.91 Å². The van der Waals surface area contributed by atoms with Crippen molar-refractivity contribution >= 4 is 18.0 Å². The number of hydrogen-bond acceptors (Lipinski definition) is 5. The number of aliphatic carboxylic acids is 1. The number of alkyl carbamates (subject to hydrolysis) is 1. The lowest BCUT2D eigenvalue weighted by Crippen LogP contribution is -2.59. The first-order chi connectivity index (χ1) is 16.7. The van der Waals surface area contributed by atoms with E-state index in [9.17, 15) is 24.6 Å². The van der Waals surface area contributed by atoms with Crippen molar-refractivity contribution in [1.29, 1.82) is 0 Å². The second-order valence-electron chi connectivity index (χ2n) is 9.53. The fraction of sp³-hybridized carbons (Fsp3) is 0.444. The number of carboxylic acid groups (broad SMARTS) is 1. The molecule has 2 aromatic carbocycles. The summed E-state index contributed by atoms with van der Waals surface area (Å²) in [4.78, 5) is 38.9. The summed E-state index contributed by atoms with van der Waals surface area (Å²) >= 11 is 0. The van der Waals surface area contributed by atoms with Crippen LogP contribution in [0.25, 0.3) is 11.1 Å². The Bertz CT molecular complexity index is 1070. The topological polar surface area (TPSA) is 116 Å². The van der Waals surface area contributed by atoms with Crippen LogP contribution in [0.1, 0.15) is 50.2 Å². The molecule has 1 aliphatic carbocycles.